The smallest absolute Gasteiger partial charge is 0.0457 e. The molecular formula is C40H64N2. The quantitative estimate of drug-likeness (QED) is 0.268. The van der Waals surface area contributed by atoms with Gasteiger partial charge in [-0.15, -0.1) is 0 Å². The van der Waals surface area contributed by atoms with Crippen molar-refractivity contribution in [3.63, 3.8) is 0 Å². The molecule has 0 radical (unpaired) electrons. The summed E-state index contributed by atoms with van der Waals surface area (Å²) in [5.41, 5.74) is 8.94. The molecule has 0 saturated carbocycles. The van der Waals surface area contributed by atoms with E-state index in [0.29, 0.717) is 0 Å². The van der Waals surface area contributed by atoms with Gasteiger partial charge in [0.2, 0.25) is 0 Å². The zero-order valence-electron chi connectivity index (χ0n) is 30.7. The maximum Gasteiger partial charge on any atom is 0.0457 e. The molecule has 1 aromatic carbocycles. The first-order valence-electron chi connectivity index (χ1n) is 15.7. The van der Waals surface area contributed by atoms with Crippen molar-refractivity contribution in [2.24, 2.45) is 0 Å². The van der Waals surface area contributed by atoms with Gasteiger partial charge in [0.15, 0.2) is 0 Å². The van der Waals surface area contributed by atoms with Crippen molar-refractivity contribution < 1.29 is 0 Å². The molecule has 0 bridgehead atoms. The van der Waals surface area contributed by atoms with Crippen molar-refractivity contribution in [2.75, 3.05) is 0 Å². The Morgan fingerprint density at radius 2 is 0.500 bits per heavy atom. The number of aromatic nitrogens is 2. The van der Waals surface area contributed by atoms with Crippen LogP contribution in [-0.4, -0.2) is 9.97 Å². The highest BCUT2D eigenvalue weighted by atomic mass is 14.7. The SMILES string of the molecule is CC(C)(C)c1ccc(C(C)(C)C)cc1.CC(C)(C)c1ccc(C(C)(C)C)nc1.CC(C)(C)c1ccc(C(C)(C)C)nc1. The molecule has 2 heteroatoms. The second kappa shape index (κ2) is 13.4. The van der Waals surface area contributed by atoms with Crippen LogP contribution in [0.15, 0.2) is 60.9 Å². The largest absolute Gasteiger partial charge is 0.260 e. The van der Waals surface area contributed by atoms with Gasteiger partial charge in [0.1, 0.15) is 0 Å². The molecule has 0 N–H and O–H groups in total. The maximum absolute atomic E-state index is 4.52. The number of rotatable bonds is 0. The summed E-state index contributed by atoms with van der Waals surface area (Å²) in [5, 5.41) is 0. The molecular weight excluding hydrogens is 508 g/mol. The highest BCUT2D eigenvalue weighted by Gasteiger charge is 2.20. The minimum atomic E-state index is 0.149. The van der Waals surface area contributed by atoms with Crippen molar-refractivity contribution in [1.29, 1.82) is 0 Å². The summed E-state index contributed by atoms with van der Waals surface area (Å²) in [5.74, 6) is 0. The van der Waals surface area contributed by atoms with Crippen molar-refractivity contribution in [2.45, 2.75) is 157 Å². The van der Waals surface area contributed by atoms with Crippen molar-refractivity contribution in [3.05, 3.63) is 94.6 Å². The van der Waals surface area contributed by atoms with Crippen LogP contribution in [0, 0.1) is 0 Å². The molecule has 0 aliphatic rings. The molecule has 234 valence electrons. The summed E-state index contributed by atoms with van der Waals surface area (Å²) >= 11 is 0. The third-order valence-corrected chi connectivity index (χ3v) is 7.41. The van der Waals surface area contributed by atoms with Crippen LogP contribution in [0.5, 0.6) is 0 Å². The van der Waals surface area contributed by atoms with Gasteiger partial charge in [-0.2, -0.15) is 0 Å². The fraction of sp³-hybridized carbons (Fsp3) is 0.600. The van der Waals surface area contributed by atoms with Crippen molar-refractivity contribution >= 4 is 0 Å². The number of hydrogen-bond acceptors (Lipinski definition) is 2. The van der Waals surface area contributed by atoms with Gasteiger partial charge in [-0.05, 0) is 56.0 Å². The lowest BCUT2D eigenvalue weighted by molar-refractivity contribution is 0.556. The van der Waals surface area contributed by atoms with Crippen LogP contribution >= 0.6 is 0 Å². The number of nitrogens with zero attached hydrogens (tertiary/aromatic N) is 2. The first-order chi connectivity index (χ1) is 18.6. The van der Waals surface area contributed by atoms with Gasteiger partial charge >= 0.3 is 0 Å². The lowest BCUT2D eigenvalue weighted by Gasteiger charge is -2.23. The molecule has 0 spiro atoms. The minimum absolute atomic E-state index is 0.149. The second-order valence-electron chi connectivity index (χ2n) is 17.9. The molecule has 0 aliphatic heterocycles. The van der Waals surface area contributed by atoms with Crippen molar-refractivity contribution in [1.82, 2.24) is 9.97 Å². The van der Waals surface area contributed by atoms with Gasteiger partial charge in [-0.25, -0.2) is 0 Å². The lowest BCUT2D eigenvalue weighted by atomic mass is 9.82. The minimum Gasteiger partial charge on any atom is -0.260 e. The Morgan fingerprint density at radius 3 is 0.643 bits per heavy atom. The van der Waals surface area contributed by atoms with E-state index in [-0.39, 0.29) is 32.5 Å². The molecule has 42 heavy (non-hydrogen) atoms. The van der Waals surface area contributed by atoms with Crippen LogP contribution in [0.1, 0.15) is 158 Å². The average molecular weight is 573 g/mol. The van der Waals surface area contributed by atoms with Crippen LogP contribution in [0.2, 0.25) is 0 Å². The van der Waals surface area contributed by atoms with Gasteiger partial charge in [0, 0.05) is 34.6 Å². The topological polar surface area (TPSA) is 25.8 Å². The van der Waals surface area contributed by atoms with E-state index in [2.05, 4.69) is 183 Å². The van der Waals surface area contributed by atoms with Crippen LogP contribution in [0.3, 0.4) is 0 Å². The molecule has 2 heterocycles. The van der Waals surface area contributed by atoms with E-state index in [1.165, 1.54) is 22.3 Å². The summed E-state index contributed by atoms with van der Waals surface area (Å²) in [7, 11) is 0. The maximum atomic E-state index is 4.52. The molecule has 3 rings (SSSR count). The highest BCUT2D eigenvalue weighted by molar-refractivity contribution is 5.31. The standard InChI is InChI=1S/C14H22.2C13H21N/c1-13(2,3)11-7-9-12(10-8-11)14(4,5)6;2*1-12(2,3)10-7-8-11(14-9-10)13(4,5)6/h7-10H,1-6H3;2*7-9H,1-6H3. The van der Waals surface area contributed by atoms with Crippen LogP contribution < -0.4 is 0 Å². The van der Waals surface area contributed by atoms with Crippen LogP contribution in [0.4, 0.5) is 0 Å². The summed E-state index contributed by atoms with van der Waals surface area (Å²) < 4.78 is 0. The Balaban J connectivity index is 0.000000315. The molecule has 0 fully saturated rings. The van der Waals surface area contributed by atoms with E-state index >= 15 is 0 Å². The van der Waals surface area contributed by atoms with E-state index in [9.17, 15) is 0 Å². The highest BCUT2D eigenvalue weighted by Crippen LogP contribution is 2.28. The van der Waals surface area contributed by atoms with Crippen LogP contribution in [-0.2, 0) is 32.5 Å². The number of hydrogen-bond donors (Lipinski definition) is 0. The van der Waals surface area contributed by atoms with Crippen molar-refractivity contribution in [3.8, 4) is 0 Å². The zero-order chi connectivity index (χ0) is 32.9. The predicted molar refractivity (Wildman–Crippen MR) is 187 cm³/mol. The summed E-state index contributed by atoms with van der Waals surface area (Å²) in [6, 6.07) is 17.7. The first-order valence-corrected chi connectivity index (χ1v) is 15.7. The molecule has 2 nitrogen and oxygen atoms in total. The first kappa shape index (κ1) is 37.5. The molecule has 3 aromatic rings. The van der Waals surface area contributed by atoms with E-state index in [4.69, 9.17) is 0 Å². The van der Waals surface area contributed by atoms with E-state index < -0.39 is 0 Å². The summed E-state index contributed by atoms with van der Waals surface area (Å²) in [6.07, 6.45) is 4.00. The predicted octanol–water partition coefficient (Wildman–Crippen LogP) is 11.6. The molecule has 2 aromatic heterocycles. The molecule has 0 aliphatic carbocycles. The third kappa shape index (κ3) is 12.4. The second-order valence-corrected chi connectivity index (χ2v) is 17.9. The molecule has 0 unspecified atom stereocenters. The van der Waals surface area contributed by atoms with E-state index in [0.717, 1.165) is 11.4 Å². The van der Waals surface area contributed by atoms with Gasteiger partial charge in [-0.1, -0.05) is 161 Å². The van der Waals surface area contributed by atoms with Gasteiger partial charge in [-0.3, -0.25) is 9.97 Å². The lowest BCUT2D eigenvalue weighted by Crippen LogP contribution is -2.16. The summed E-state index contributed by atoms with van der Waals surface area (Å²) in [4.78, 5) is 9.03. The Bertz CT molecular complexity index is 944. The third-order valence-electron chi connectivity index (χ3n) is 7.41. The Kier molecular flexibility index (Phi) is 12.0. The summed E-state index contributed by atoms with van der Waals surface area (Å²) in [6.45, 7) is 39.9. The van der Waals surface area contributed by atoms with Gasteiger partial charge in [0.05, 0.1) is 0 Å². The number of pyridine rings is 2. The fourth-order valence-electron chi connectivity index (χ4n) is 4.03. The molecule has 0 atom stereocenters. The van der Waals surface area contributed by atoms with Gasteiger partial charge < -0.3 is 0 Å². The van der Waals surface area contributed by atoms with Gasteiger partial charge in [0.25, 0.3) is 0 Å². The van der Waals surface area contributed by atoms with Crippen LogP contribution in [0.25, 0.3) is 0 Å². The molecule has 0 amide bonds. The normalized spacial score (nSPS) is 13.0. The fourth-order valence-corrected chi connectivity index (χ4v) is 4.03. The van der Waals surface area contributed by atoms with E-state index in [1.54, 1.807) is 0 Å². The average Bonchev–Trinajstić information content (AvgIpc) is 2.82. The Labute approximate surface area is 261 Å². The Morgan fingerprint density at radius 1 is 0.286 bits per heavy atom. The Hall–Kier alpha value is -2.48. The monoisotopic (exact) mass is 573 g/mol. The number of benzene rings is 1. The zero-order valence-corrected chi connectivity index (χ0v) is 30.7. The molecule has 0 saturated heterocycles. The van der Waals surface area contributed by atoms with E-state index in [1.807, 2.05) is 12.4 Å².